The van der Waals surface area contributed by atoms with Crippen molar-refractivity contribution in [2.45, 2.75) is 51.5 Å². The topological polar surface area (TPSA) is 92.4 Å². The van der Waals surface area contributed by atoms with Gasteiger partial charge >= 0.3 is 0 Å². The van der Waals surface area contributed by atoms with Crippen molar-refractivity contribution in [3.8, 4) is 0 Å². The zero-order chi connectivity index (χ0) is 14.3. The molecule has 0 aromatic carbocycles. The number of nitrogens with two attached hydrogens (primary N) is 1. The minimum Gasteiger partial charge on any atom is -0.355 e. The van der Waals surface area contributed by atoms with Crippen molar-refractivity contribution in [2.75, 3.05) is 18.9 Å². The van der Waals surface area contributed by atoms with Crippen molar-refractivity contribution in [3.05, 3.63) is 0 Å². The molecule has 4 N–H and O–H groups in total. The third-order valence-electron chi connectivity index (χ3n) is 3.67. The van der Waals surface area contributed by atoms with Crippen LogP contribution in [0.25, 0.3) is 0 Å². The Kier molecular flexibility index (Phi) is 7.05. The van der Waals surface area contributed by atoms with E-state index in [0.29, 0.717) is 31.2 Å². The molecule has 1 fully saturated rings. The Morgan fingerprint density at radius 2 is 2.05 bits per heavy atom. The van der Waals surface area contributed by atoms with Crippen molar-refractivity contribution < 1.29 is 14.3 Å². The van der Waals surface area contributed by atoms with Gasteiger partial charge in [0.15, 0.2) is 0 Å². The van der Waals surface area contributed by atoms with Crippen LogP contribution in [0.2, 0.25) is 0 Å². The average molecular weight is 290 g/mol. The van der Waals surface area contributed by atoms with Crippen molar-refractivity contribution >= 4 is 13.3 Å². The van der Waals surface area contributed by atoms with Gasteiger partial charge in [0.25, 0.3) is 0 Å². The quantitative estimate of drug-likeness (QED) is 0.491. The molecule has 1 rings (SSSR count). The summed E-state index contributed by atoms with van der Waals surface area (Å²) in [6.07, 6.45) is 7.10. The number of carbonyl (C=O) groups is 1. The van der Waals surface area contributed by atoms with Crippen molar-refractivity contribution in [3.63, 3.8) is 0 Å². The van der Waals surface area contributed by atoms with Gasteiger partial charge in [-0.25, -0.2) is 0 Å². The maximum atomic E-state index is 12.1. The first kappa shape index (κ1) is 16.7. The van der Waals surface area contributed by atoms with Crippen LogP contribution in [0, 0.1) is 5.92 Å². The van der Waals surface area contributed by atoms with Crippen LogP contribution in [0.4, 0.5) is 0 Å². The third-order valence-corrected chi connectivity index (χ3v) is 5.77. The van der Waals surface area contributed by atoms with Crippen LogP contribution in [0.3, 0.4) is 0 Å². The maximum Gasteiger partial charge on any atom is 0.236 e. The average Bonchev–Trinajstić information content (AvgIpc) is 2.35. The predicted molar refractivity (Wildman–Crippen MR) is 77.4 cm³/mol. The standard InChI is InChI=1S/C13H27N2O3P/c1-11(14)13(16)15-8-5-9-19(17,18)10-12-6-3-2-4-7-12/h11-12H,2-10,14H2,1H3,(H,15,16)(H,17,18)/t11-/m0/s1. The molecule has 0 aromatic rings. The number of nitrogens with one attached hydrogen (secondary N) is 1. The van der Waals surface area contributed by atoms with Gasteiger partial charge in [0, 0.05) is 18.9 Å². The Hall–Kier alpha value is -0.380. The lowest BCUT2D eigenvalue weighted by Gasteiger charge is -2.24. The molecular weight excluding hydrogens is 263 g/mol. The minimum absolute atomic E-state index is 0.208. The molecule has 0 aromatic heterocycles. The second-order valence-corrected chi connectivity index (χ2v) is 8.19. The zero-order valence-corrected chi connectivity index (χ0v) is 12.7. The van der Waals surface area contributed by atoms with Crippen molar-refractivity contribution in [2.24, 2.45) is 11.7 Å². The summed E-state index contributed by atoms with van der Waals surface area (Å²) in [6.45, 7) is 2.05. The van der Waals surface area contributed by atoms with E-state index in [9.17, 15) is 14.3 Å². The lowest BCUT2D eigenvalue weighted by Crippen LogP contribution is -2.38. The van der Waals surface area contributed by atoms with Crippen molar-refractivity contribution in [1.29, 1.82) is 0 Å². The normalized spacial score (nSPS) is 21.6. The highest BCUT2D eigenvalue weighted by molar-refractivity contribution is 7.57. The first-order chi connectivity index (χ1) is 8.91. The van der Waals surface area contributed by atoms with Crippen LogP contribution in [-0.4, -0.2) is 35.7 Å². The third kappa shape index (κ3) is 7.09. The summed E-state index contributed by atoms with van der Waals surface area (Å²) in [5.41, 5.74) is 5.41. The van der Waals surface area contributed by atoms with Gasteiger partial charge in [0.2, 0.25) is 13.3 Å². The number of carbonyl (C=O) groups excluding carboxylic acids is 1. The lowest BCUT2D eigenvalue weighted by atomic mass is 9.91. The summed E-state index contributed by atoms with van der Waals surface area (Å²) in [5.74, 6) is 0.211. The molecule has 1 saturated carbocycles. The Labute approximate surface area is 115 Å². The molecule has 19 heavy (non-hydrogen) atoms. The first-order valence-electron chi connectivity index (χ1n) is 7.25. The number of rotatable bonds is 7. The van der Waals surface area contributed by atoms with Gasteiger partial charge in [-0.05, 0) is 32.1 Å². The van der Waals surface area contributed by atoms with E-state index >= 15 is 0 Å². The van der Waals surface area contributed by atoms with E-state index in [1.165, 1.54) is 19.3 Å². The molecule has 5 nitrogen and oxygen atoms in total. The van der Waals surface area contributed by atoms with E-state index in [0.717, 1.165) is 12.8 Å². The summed E-state index contributed by atoms with van der Waals surface area (Å²) in [4.78, 5) is 21.2. The van der Waals surface area contributed by atoms with Crippen LogP contribution < -0.4 is 11.1 Å². The van der Waals surface area contributed by atoms with E-state index in [-0.39, 0.29) is 5.91 Å². The zero-order valence-electron chi connectivity index (χ0n) is 11.8. The summed E-state index contributed by atoms with van der Waals surface area (Å²) in [6, 6.07) is -0.525. The number of hydrogen-bond donors (Lipinski definition) is 3. The molecule has 0 aliphatic heterocycles. The molecule has 1 aliphatic rings. The second kappa shape index (κ2) is 8.03. The molecule has 1 unspecified atom stereocenters. The van der Waals surface area contributed by atoms with Gasteiger partial charge in [0.05, 0.1) is 6.04 Å². The fourth-order valence-electron chi connectivity index (χ4n) is 2.56. The predicted octanol–water partition coefficient (Wildman–Crippen LogP) is 1.69. The van der Waals surface area contributed by atoms with E-state index in [4.69, 9.17) is 5.73 Å². The first-order valence-corrected chi connectivity index (χ1v) is 9.28. The lowest BCUT2D eigenvalue weighted by molar-refractivity contribution is -0.121. The molecule has 0 radical (unpaired) electrons. The largest absolute Gasteiger partial charge is 0.355 e. The van der Waals surface area contributed by atoms with E-state index in [1.54, 1.807) is 6.92 Å². The minimum atomic E-state index is -3.03. The Morgan fingerprint density at radius 1 is 1.42 bits per heavy atom. The monoisotopic (exact) mass is 290 g/mol. The fraction of sp³-hybridized carbons (Fsp3) is 0.923. The summed E-state index contributed by atoms with van der Waals surface area (Å²) in [5, 5.41) is 2.66. The Bertz CT molecular complexity index is 328. The summed E-state index contributed by atoms with van der Waals surface area (Å²) >= 11 is 0. The molecule has 112 valence electrons. The van der Waals surface area contributed by atoms with Crippen LogP contribution >= 0.6 is 7.37 Å². The smallest absolute Gasteiger partial charge is 0.236 e. The molecule has 0 saturated heterocycles. The van der Waals surface area contributed by atoms with Crippen LogP contribution in [-0.2, 0) is 9.36 Å². The van der Waals surface area contributed by atoms with Crippen LogP contribution in [0.5, 0.6) is 0 Å². The molecule has 1 amide bonds. The van der Waals surface area contributed by atoms with Gasteiger partial charge in [-0.15, -0.1) is 0 Å². The van der Waals surface area contributed by atoms with E-state index in [1.807, 2.05) is 0 Å². The van der Waals surface area contributed by atoms with E-state index < -0.39 is 13.4 Å². The number of amides is 1. The van der Waals surface area contributed by atoms with Gasteiger partial charge in [-0.1, -0.05) is 19.3 Å². The molecule has 2 atom stereocenters. The number of hydrogen-bond acceptors (Lipinski definition) is 3. The SMILES string of the molecule is C[C@H](N)C(=O)NCCCP(=O)(O)CC1CCCCC1. The maximum absolute atomic E-state index is 12.1. The fourth-order valence-corrected chi connectivity index (χ4v) is 4.57. The second-order valence-electron chi connectivity index (χ2n) is 5.69. The van der Waals surface area contributed by atoms with Crippen molar-refractivity contribution in [1.82, 2.24) is 5.32 Å². The van der Waals surface area contributed by atoms with Gasteiger partial charge < -0.3 is 15.9 Å². The Balaban J connectivity index is 2.19. The van der Waals surface area contributed by atoms with Crippen LogP contribution in [0.1, 0.15) is 45.4 Å². The Morgan fingerprint density at radius 3 is 2.63 bits per heavy atom. The summed E-state index contributed by atoms with van der Waals surface area (Å²) in [7, 11) is -3.03. The molecular formula is C13H27N2O3P. The highest BCUT2D eigenvalue weighted by atomic mass is 31.2. The van der Waals surface area contributed by atoms with Gasteiger partial charge in [-0.3, -0.25) is 9.36 Å². The molecule has 0 bridgehead atoms. The molecule has 0 spiro atoms. The highest BCUT2D eigenvalue weighted by Gasteiger charge is 2.25. The van der Waals surface area contributed by atoms with Gasteiger partial charge in [-0.2, -0.15) is 0 Å². The molecule has 6 heteroatoms. The summed E-state index contributed by atoms with van der Waals surface area (Å²) < 4.78 is 12.1. The highest BCUT2D eigenvalue weighted by Crippen LogP contribution is 2.45. The van der Waals surface area contributed by atoms with Gasteiger partial charge in [0.1, 0.15) is 0 Å². The van der Waals surface area contributed by atoms with E-state index in [2.05, 4.69) is 5.32 Å². The molecule has 1 aliphatic carbocycles. The van der Waals surface area contributed by atoms with Crippen LogP contribution in [0.15, 0.2) is 0 Å². The molecule has 0 heterocycles.